The molecule has 2 nitrogen and oxygen atoms in total. The smallest absolute Gasteiger partial charge is 0.220 e. The second-order valence-corrected chi connectivity index (χ2v) is 2.56. The fourth-order valence-corrected chi connectivity index (χ4v) is 1.19. The Bertz CT molecular complexity index is 111. The molecule has 1 heterocycles. The van der Waals surface area contributed by atoms with Crippen molar-refractivity contribution >= 4 is 5.91 Å². The van der Waals surface area contributed by atoms with Gasteiger partial charge in [-0.15, -0.1) is 0 Å². The lowest BCUT2D eigenvalue weighted by molar-refractivity contribution is -0.123. The molecule has 0 radical (unpaired) electrons. The van der Waals surface area contributed by atoms with Crippen molar-refractivity contribution < 1.29 is 4.79 Å². The molecule has 1 amide bonds. The van der Waals surface area contributed by atoms with Crippen LogP contribution in [0.5, 0.6) is 0 Å². The van der Waals surface area contributed by atoms with Crippen LogP contribution in [-0.2, 0) is 4.79 Å². The number of carbonyl (C=O) groups excluding carboxylic acids is 1. The lowest BCUT2D eigenvalue weighted by Gasteiger charge is -2.21. The second-order valence-electron chi connectivity index (χ2n) is 2.56. The van der Waals surface area contributed by atoms with Crippen LogP contribution in [0.3, 0.4) is 0 Å². The van der Waals surface area contributed by atoms with Gasteiger partial charge in [-0.3, -0.25) is 4.79 Å². The van der Waals surface area contributed by atoms with Crippen LogP contribution in [0.25, 0.3) is 0 Å². The Kier molecular flexibility index (Phi) is 2.09. The molecule has 0 saturated carbocycles. The topological polar surface area (TPSA) is 29.1 Å². The van der Waals surface area contributed by atoms with Crippen LogP contribution in [0, 0.1) is 0 Å². The molecule has 0 aromatic carbocycles. The highest BCUT2D eigenvalue weighted by molar-refractivity contribution is 5.76. The second kappa shape index (κ2) is 2.85. The molecule has 1 aliphatic rings. The van der Waals surface area contributed by atoms with Gasteiger partial charge < -0.3 is 5.32 Å². The maximum atomic E-state index is 10.7. The molecular formula is C7H13NO. The van der Waals surface area contributed by atoms with E-state index in [9.17, 15) is 4.79 Å². The molecular weight excluding hydrogens is 114 g/mol. The SMILES string of the molecule is CCC1CCCC(=O)N1. The Morgan fingerprint density at radius 2 is 2.56 bits per heavy atom. The molecule has 0 spiro atoms. The van der Waals surface area contributed by atoms with Gasteiger partial charge in [0, 0.05) is 12.5 Å². The highest BCUT2D eigenvalue weighted by Gasteiger charge is 2.15. The minimum Gasteiger partial charge on any atom is -0.353 e. The molecule has 9 heavy (non-hydrogen) atoms. The van der Waals surface area contributed by atoms with E-state index in [1.165, 1.54) is 6.42 Å². The average molecular weight is 127 g/mol. The summed E-state index contributed by atoms with van der Waals surface area (Å²) in [6, 6.07) is 0.464. The number of carbonyl (C=O) groups is 1. The van der Waals surface area contributed by atoms with Gasteiger partial charge in [0.15, 0.2) is 0 Å². The zero-order chi connectivity index (χ0) is 6.69. The van der Waals surface area contributed by atoms with Crippen LogP contribution in [-0.4, -0.2) is 11.9 Å². The Morgan fingerprint density at radius 3 is 3.00 bits per heavy atom. The van der Waals surface area contributed by atoms with Crippen LogP contribution in [0.1, 0.15) is 32.6 Å². The molecule has 0 aromatic rings. The van der Waals surface area contributed by atoms with E-state index in [4.69, 9.17) is 0 Å². The van der Waals surface area contributed by atoms with Crippen molar-refractivity contribution in [2.75, 3.05) is 0 Å². The van der Waals surface area contributed by atoms with Crippen LogP contribution in [0.15, 0.2) is 0 Å². The molecule has 0 aromatic heterocycles. The number of amides is 1. The van der Waals surface area contributed by atoms with E-state index in [1.807, 2.05) is 0 Å². The van der Waals surface area contributed by atoms with E-state index in [0.29, 0.717) is 6.04 Å². The first-order valence-electron chi connectivity index (χ1n) is 3.62. The first kappa shape index (κ1) is 6.59. The fourth-order valence-electron chi connectivity index (χ4n) is 1.19. The maximum Gasteiger partial charge on any atom is 0.220 e. The van der Waals surface area contributed by atoms with Crippen molar-refractivity contribution in [3.63, 3.8) is 0 Å². The summed E-state index contributed by atoms with van der Waals surface area (Å²) in [7, 11) is 0. The fraction of sp³-hybridized carbons (Fsp3) is 0.857. The third kappa shape index (κ3) is 1.70. The van der Waals surface area contributed by atoms with Crippen molar-refractivity contribution in [3.05, 3.63) is 0 Å². The standard InChI is InChI=1S/C7H13NO/c1-2-6-4-3-5-7(9)8-6/h6H,2-5H2,1H3,(H,8,9). The van der Waals surface area contributed by atoms with Gasteiger partial charge in [-0.2, -0.15) is 0 Å². The van der Waals surface area contributed by atoms with Crippen molar-refractivity contribution in [2.45, 2.75) is 38.6 Å². The van der Waals surface area contributed by atoms with Crippen LogP contribution < -0.4 is 5.32 Å². The van der Waals surface area contributed by atoms with Gasteiger partial charge in [-0.05, 0) is 19.3 Å². The van der Waals surface area contributed by atoms with Crippen molar-refractivity contribution in [1.29, 1.82) is 0 Å². The van der Waals surface area contributed by atoms with Crippen LogP contribution >= 0.6 is 0 Å². The predicted molar refractivity (Wildman–Crippen MR) is 36.1 cm³/mol. The summed E-state index contributed by atoms with van der Waals surface area (Å²) in [6.45, 7) is 2.11. The highest BCUT2D eigenvalue weighted by Crippen LogP contribution is 2.09. The van der Waals surface area contributed by atoms with Crippen LogP contribution in [0.4, 0.5) is 0 Å². The Morgan fingerprint density at radius 1 is 1.78 bits per heavy atom. The molecule has 1 saturated heterocycles. The first-order valence-corrected chi connectivity index (χ1v) is 3.62. The minimum absolute atomic E-state index is 0.230. The van der Waals surface area contributed by atoms with E-state index < -0.39 is 0 Å². The largest absolute Gasteiger partial charge is 0.353 e. The molecule has 0 aliphatic carbocycles. The summed E-state index contributed by atoms with van der Waals surface area (Å²) in [5.41, 5.74) is 0. The molecule has 0 bridgehead atoms. The van der Waals surface area contributed by atoms with E-state index >= 15 is 0 Å². The molecule has 1 unspecified atom stereocenters. The quantitative estimate of drug-likeness (QED) is 0.560. The van der Waals surface area contributed by atoms with E-state index in [2.05, 4.69) is 12.2 Å². The zero-order valence-electron chi connectivity index (χ0n) is 5.81. The van der Waals surface area contributed by atoms with Gasteiger partial charge in [-0.25, -0.2) is 0 Å². The number of hydrogen-bond acceptors (Lipinski definition) is 1. The Balaban J connectivity index is 2.32. The van der Waals surface area contributed by atoms with Gasteiger partial charge in [0.25, 0.3) is 0 Å². The number of piperidine rings is 1. The first-order chi connectivity index (χ1) is 4.33. The molecule has 52 valence electrons. The molecule has 1 fully saturated rings. The Labute approximate surface area is 55.6 Å². The van der Waals surface area contributed by atoms with Gasteiger partial charge in [0.2, 0.25) is 5.91 Å². The third-order valence-electron chi connectivity index (χ3n) is 1.81. The zero-order valence-corrected chi connectivity index (χ0v) is 5.81. The summed E-state index contributed by atoms with van der Waals surface area (Å²) >= 11 is 0. The number of rotatable bonds is 1. The van der Waals surface area contributed by atoms with Crippen molar-refractivity contribution in [3.8, 4) is 0 Å². The summed E-state index contributed by atoms with van der Waals surface area (Å²) < 4.78 is 0. The lowest BCUT2D eigenvalue weighted by Crippen LogP contribution is -2.37. The van der Waals surface area contributed by atoms with Gasteiger partial charge in [-0.1, -0.05) is 6.92 Å². The third-order valence-corrected chi connectivity index (χ3v) is 1.81. The maximum absolute atomic E-state index is 10.7. The number of hydrogen-bond donors (Lipinski definition) is 1. The van der Waals surface area contributed by atoms with Crippen molar-refractivity contribution in [1.82, 2.24) is 5.32 Å². The highest BCUT2D eigenvalue weighted by atomic mass is 16.1. The van der Waals surface area contributed by atoms with Gasteiger partial charge in [0.05, 0.1) is 0 Å². The number of nitrogens with one attached hydrogen (secondary N) is 1. The average Bonchev–Trinajstić information content (AvgIpc) is 1.88. The summed E-state index contributed by atoms with van der Waals surface area (Å²) in [6.07, 6.45) is 4.05. The van der Waals surface area contributed by atoms with Crippen molar-refractivity contribution in [2.24, 2.45) is 0 Å². The van der Waals surface area contributed by atoms with E-state index in [-0.39, 0.29) is 5.91 Å². The summed E-state index contributed by atoms with van der Waals surface area (Å²) in [5.74, 6) is 0.230. The Hall–Kier alpha value is -0.530. The monoisotopic (exact) mass is 127 g/mol. The minimum atomic E-state index is 0.230. The summed E-state index contributed by atoms with van der Waals surface area (Å²) in [4.78, 5) is 10.7. The van der Waals surface area contributed by atoms with Gasteiger partial charge >= 0.3 is 0 Å². The van der Waals surface area contributed by atoms with E-state index in [1.54, 1.807) is 0 Å². The molecule has 1 N–H and O–H groups in total. The normalized spacial score (nSPS) is 27.7. The predicted octanol–water partition coefficient (Wildman–Crippen LogP) is 1.07. The molecule has 1 atom stereocenters. The van der Waals surface area contributed by atoms with Gasteiger partial charge in [0.1, 0.15) is 0 Å². The van der Waals surface area contributed by atoms with Crippen LogP contribution in [0.2, 0.25) is 0 Å². The molecule has 1 rings (SSSR count). The lowest BCUT2D eigenvalue weighted by atomic mass is 10.0. The molecule has 2 heteroatoms. The molecule has 1 aliphatic heterocycles. The van der Waals surface area contributed by atoms with E-state index in [0.717, 1.165) is 19.3 Å². The summed E-state index contributed by atoms with van der Waals surface area (Å²) in [5, 5.41) is 2.93.